The number of nitrogens with two attached hydrogens (primary N) is 1. The molecular formula is C13H16FN5O. The Kier molecular flexibility index (Phi) is 3.13. The summed E-state index contributed by atoms with van der Waals surface area (Å²) in [6, 6.07) is 4.40. The van der Waals surface area contributed by atoms with Crippen LogP contribution in [-0.4, -0.2) is 33.4 Å². The van der Waals surface area contributed by atoms with Crippen LogP contribution in [0.3, 0.4) is 0 Å². The van der Waals surface area contributed by atoms with Gasteiger partial charge in [0.2, 0.25) is 0 Å². The molecular weight excluding hydrogens is 261 g/mol. The number of ether oxygens (including phenoxy) is 1. The Labute approximate surface area is 115 Å². The average molecular weight is 277 g/mol. The molecule has 6 nitrogen and oxygen atoms in total. The molecule has 1 aliphatic heterocycles. The molecule has 1 aromatic carbocycles. The highest BCUT2D eigenvalue weighted by Gasteiger charge is 2.33. The first-order valence-electron chi connectivity index (χ1n) is 6.52. The van der Waals surface area contributed by atoms with Crippen molar-refractivity contribution in [2.75, 3.05) is 18.9 Å². The number of nitrogen functional groups attached to an aromatic ring is 1. The van der Waals surface area contributed by atoms with E-state index in [-0.39, 0.29) is 11.4 Å². The zero-order valence-electron chi connectivity index (χ0n) is 11.2. The summed E-state index contributed by atoms with van der Waals surface area (Å²) in [6.07, 6.45) is 1.57. The van der Waals surface area contributed by atoms with E-state index in [0.717, 1.165) is 12.8 Å². The van der Waals surface area contributed by atoms with Crippen molar-refractivity contribution in [1.82, 2.24) is 20.2 Å². The summed E-state index contributed by atoms with van der Waals surface area (Å²) in [5.74, 6) is 0.0186. The second-order valence-corrected chi connectivity index (χ2v) is 5.26. The van der Waals surface area contributed by atoms with Crippen molar-refractivity contribution in [2.45, 2.75) is 25.3 Å². The summed E-state index contributed by atoms with van der Waals surface area (Å²) < 4.78 is 21.1. The molecule has 0 atom stereocenters. The lowest BCUT2D eigenvalue weighted by Gasteiger charge is -2.33. The zero-order valence-corrected chi connectivity index (χ0v) is 11.2. The van der Waals surface area contributed by atoms with Crippen LogP contribution >= 0.6 is 0 Å². The van der Waals surface area contributed by atoms with Gasteiger partial charge >= 0.3 is 0 Å². The van der Waals surface area contributed by atoms with Gasteiger partial charge in [-0.05, 0) is 48.4 Å². The molecule has 0 amide bonds. The van der Waals surface area contributed by atoms with Gasteiger partial charge in [0.05, 0.1) is 11.1 Å². The second kappa shape index (κ2) is 4.82. The van der Waals surface area contributed by atoms with Crippen LogP contribution in [0.1, 0.15) is 19.8 Å². The van der Waals surface area contributed by atoms with Crippen LogP contribution in [0.25, 0.3) is 11.4 Å². The molecule has 0 spiro atoms. The monoisotopic (exact) mass is 277 g/mol. The summed E-state index contributed by atoms with van der Waals surface area (Å²) in [5, 5.41) is 11.7. The molecule has 0 aliphatic carbocycles. The number of hydrogen-bond acceptors (Lipinski definition) is 5. The highest BCUT2D eigenvalue weighted by Crippen LogP contribution is 2.32. The van der Waals surface area contributed by atoms with E-state index >= 15 is 0 Å². The Morgan fingerprint density at radius 2 is 2.10 bits per heavy atom. The number of aromatic nitrogens is 4. The largest absolute Gasteiger partial charge is 0.399 e. The lowest BCUT2D eigenvalue weighted by atomic mass is 9.92. The third-order valence-corrected chi connectivity index (χ3v) is 3.78. The molecule has 2 aromatic rings. The Balaban J connectivity index is 2.08. The average Bonchev–Trinajstić information content (AvgIpc) is 2.92. The Morgan fingerprint density at radius 1 is 1.35 bits per heavy atom. The van der Waals surface area contributed by atoms with E-state index in [9.17, 15) is 4.39 Å². The van der Waals surface area contributed by atoms with Crippen LogP contribution in [-0.2, 0) is 10.3 Å². The fraction of sp³-hybridized carbons (Fsp3) is 0.462. The molecule has 2 heterocycles. The minimum atomic E-state index is -0.383. The second-order valence-electron chi connectivity index (χ2n) is 5.26. The minimum Gasteiger partial charge on any atom is -0.399 e. The van der Waals surface area contributed by atoms with Crippen LogP contribution in [0.5, 0.6) is 0 Å². The fourth-order valence-electron chi connectivity index (χ4n) is 2.46. The minimum absolute atomic E-state index is 0.270. The molecule has 0 saturated carbocycles. The van der Waals surface area contributed by atoms with Gasteiger partial charge in [-0.2, -0.15) is 0 Å². The maximum atomic E-state index is 14.0. The lowest BCUT2D eigenvalue weighted by Crippen LogP contribution is -2.38. The molecule has 20 heavy (non-hydrogen) atoms. The molecule has 0 radical (unpaired) electrons. The van der Waals surface area contributed by atoms with Crippen LogP contribution in [0.15, 0.2) is 18.2 Å². The number of hydrogen-bond donors (Lipinski definition) is 1. The fourth-order valence-corrected chi connectivity index (χ4v) is 2.46. The molecule has 106 valence electrons. The van der Waals surface area contributed by atoms with E-state index < -0.39 is 0 Å². The van der Waals surface area contributed by atoms with Gasteiger partial charge in [0.15, 0.2) is 5.82 Å². The summed E-state index contributed by atoms with van der Waals surface area (Å²) >= 11 is 0. The molecule has 1 aliphatic rings. The van der Waals surface area contributed by atoms with Crippen molar-refractivity contribution in [3.05, 3.63) is 24.0 Å². The highest BCUT2D eigenvalue weighted by atomic mass is 19.1. The van der Waals surface area contributed by atoms with Crippen molar-refractivity contribution in [3.63, 3.8) is 0 Å². The third kappa shape index (κ3) is 2.14. The van der Waals surface area contributed by atoms with E-state index in [4.69, 9.17) is 10.5 Å². The van der Waals surface area contributed by atoms with Crippen LogP contribution < -0.4 is 5.73 Å². The first kappa shape index (κ1) is 13.0. The standard InChI is InChI=1S/C13H16FN5O/c1-13(4-6-20-7-5-13)19-12(16-17-18-19)10-8-9(15)2-3-11(10)14/h2-3,8H,4-7,15H2,1H3. The Morgan fingerprint density at radius 3 is 2.85 bits per heavy atom. The summed E-state index contributed by atoms with van der Waals surface area (Å²) in [5.41, 5.74) is 6.26. The first-order chi connectivity index (χ1) is 9.60. The van der Waals surface area contributed by atoms with Crippen molar-refractivity contribution < 1.29 is 9.13 Å². The quantitative estimate of drug-likeness (QED) is 0.843. The van der Waals surface area contributed by atoms with E-state index in [0.29, 0.717) is 30.3 Å². The number of tetrazole rings is 1. The Hall–Kier alpha value is -2.02. The third-order valence-electron chi connectivity index (χ3n) is 3.78. The van der Waals surface area contributed by atoms with E-state index in [1.165, 1.54) is 12.1 Å². The van der Waals surface area contributed by atoms with Gasteiger partial charge in [-0.25, -0.2) is 9.07 Å². The van der Waals surface area contributed by atoms with Crippen LogP contribution in [0.2, 0.25) is 0 Å². The van der Waals surface area contributed by atoms with Crippen molar-refractivity contribution in [2.24, 2.45) is 0 Å². The molecule has 1 fully saturated rings. The molecule has 7 heteroatoms. The summed E-state index contributed by atoms with van der Waals surface area (Å²) in [6.45, 7) is 3.35. The SMILES string of the molecule is CC1(n2nnnc2-c2cc(N)ccc2F)CCOCC1. The number of anilines is 1. The first-order valence-corrected chi connectivity index (χ1v) is 6.52. The topological polar surface area (TPSA) is 78.9 Å². The predicted molar refractivity (Wildman–Crippen MR) is 71.3 cm³/mol. The number of halogens is 1. The van der Waals surface area contributed by atoms with Gasteiger partial charge in [-0.1, -0.05) is 0 Å². The van der Waals surface area contributed by atoms with Crippen molar-refractivity contribution in [1.29, 1.82) is 0 Å². The van der Waals surface area contributed by atoms with Crippen molar-refractivity contribution >= 4 is 5.69 Å². The van der Waals surface area contributed by atoms with E-state index in [2.05, 4.69) is 22.4 Å². The predicted octanol–water partition coefficient (Wildman–Crippen LogP) is 1.59. The highest BCUT2D eigenvalue weighted by molar-refractivity contribution is 5.61. The number of nitrogens with zero attached hydrogens (tertiary/aromatic N) is 4. The molecule has 0 unspecified atom stereocenters. The smallest absolute Gasteiger partial charge is 0.185 e. The Bertz CT molecular complexity index is 621. The van der Waals surface area contributed by atoms with Crippen molar-refractivity contribution in [3.8, 4) is 11.4 Å². The van der Waals surface area contributed by atoms with Gasteiger partial charge in [-0.15, -0.1) is 5.10 Å². The molecule has 1 aromatic heterocycles. The van der Waals surface area contributed by atoms with Crippen LogP contribution in [0, 0.1) is 5.82 Å². The normalized spacial score (nSPS) is 18.1. The summed E-state index contributed by atoms with van der Waals surface area (Å²) in [7, 11) is 0. The summed E-state index contributed by atoms with van der Waals surface area (Å²) in [4.78, 5) is 0. The van der Waals surface area contributed by atoms with Gasteiger partial charge in [0, 0.05) is 18.9 Å². The van der Waals surface area contributed by atoms with Gasteiger partial charge < -0.3 is 10.5 Å². The maximum absolute atomic E-state index is 14.0. The van der Waals surface area contributed by atoms with Gasteiger partial charge in [0.1, 0.15) is 5.82 Å². The number of benzene rings is 1. The van der Waals surface area contributed by atoms with Gasteiger partial charge in [0.25, 0.3) is 0 Å². The lowest BCUT2D eigenvalue weighted by molar-refractivity contribution is 0.0240. The molecule has 2 N–H and O–H groups in total. The molecule has 1 saturated heterocycles. The zero-order chi connectivity index (χ0) is 14.2. The molecule has 0 bridgehead atoms. The molecule has 3 rings (SSSR count). The van der Waals surface area contributed by atoms with Crippen LogP contribution in [0.4, 0.5) is 10.1 Å². The van der Waals surface area contributed by atoms with E-state index in [1.54, 1.807) is 10.7 Å². The number of rotatable bonds is 2. The van der Waals surface area contributed by atoms with Gasteiger partial charge in [-0.3, -0.25) is 0 Å². The van der Waals surface area contributed by atoms with E-state index in [1.807, 2.05) is 0 Å². The maximum Gasteiger partial charge on any atom is 0.185 e.